The number of rotatable bonds is 8. The SMILES string of the molecule is CN(Cc1ccccc1)C(=O)NCCC(=O)Nc1ccc(Oc2ncccn2)cc1. The Hall–Kier alpha value is -3.94. The molecule has 1 aromatic heterocycles. The molecule has 3 aromatic rings. The molecular formula is C22H23N5O3. The van der Waals surface area contributed by atoms with Crippen LogP contribution in [0.4, 0.5) is 10.5 Å². The molecule has 0 saturated carbocycles. The number of amides is 3. The molecule has 0 aliphatic heterocycles. The summed E-state index contributed by atoms with van der Waals surface area (Å²) in [6.45, 7) is 0.748. The maximum Gasteiger partial charge on any atom is 0.321 e. The molecule has 0 bridgehead atoms. The first-order valence-corrected chi connectivity index (χ1v) is 9.48. The number of nitrogens with one attached hydrogen (secondary N) is 2. The second-order valence-electron chi connectivity index (χ2n) is 6.53. The van der Waals surface area contributed by atoms with E-state index >= 15 is 0 Å². The van der Waals surface area contributed by atoms with Crippen LogP contribution in [0.1, 0.15) is 12.0 Å². The predicted molar refractivity (Wildman–Crippen MR) is 113 cm³/mol. The predicted octanol–water partition coefficient (Wildman–Crippen LogP) is 3.44. The Balaban J connectivity index is 1.38. The fourth-order valence-electron chi connectivity index (χ4n) is 2.62. The average Bonchev–Trinajstić information content (AvgIpc) is 2.76. The van der Waals surface area contributed by atoms with Crippen molar-refractivity contribution >= 4 is 17.6 Å². The van der Waals surface area contributed by atoms with Gasteiger partial charge in [-0.25, -0.2) is 14.8 Å². The zero-order valence-corrected chi connectivity index (χ0v) is 16.6. The molecule has 0 saturated heterocycles. The second kappa shape index (κ2) is 10.6. The van der Waals surface area contributed by atoms with Gasteiger partial charge in [0.2, 0.25) is 5.91 Å². The van der Waals surface area contributed by atoms with Crippen LogP contribution in [0.15, 0.2) is 73.1 Å². The highest BCUT2D eigenvalue weighted by molar-refractivity contribution is 5.91. The van der Waals surface area contributed by atoms with Gasteiger partial charge in [-0.2, -0.15) is 0 Å². The van der Waals surface area contributed by atoms with E-state index in [9.17, 15) is 9.59 Å². The monoisotopic (exact) mass is 405 g/mol. The van der Waals surface area contributed by atoms with Gasteiger partial charge in [0.25, 0.3) is 0 Å². The first kappa shape index (κ1) is 20.8. The molecule has 30 heavy (non-hydrogen) atoms. The Bertz CT molecular complexity index is 950. The molecule has 0 unspecified atom stereocenters. The minimum Gasteiger partial charge on any atom is -0.424 e. The van der Waals surface area contributed by atoms with Crippen molar-refractivity contribution < 1.29 is 14.3 Å². The Morgan fingerprint density at radius 3 is 2.37 bits per heavy atom. The average molecular weight is 405 g/mol. The number of aromatic nitrogens is 2. The normalized spacial score (nSPS) is 10.2. The summed E-state index contributed by atoms with van der Waals surface area (Å²) in [7, 11) is 1.71. The first-order chi connectivity index (χ1) is 14.6. The summed E-state index contributed by atoms with van der Waals surface area (Å²) in [6.07, 6.45) is 3.35. The number of urea groups is 1. The molecule has 0 aliphatic carbocycles. The van der Waals surface area contributed by atoms with Gasteiger partial charge in [0, 0.05) is 44.6 Å². The lowest BCUT2D eigenvalue weighted by atomic mass is 10.2. The van der Waals surface area contributed by atoms with Crippen LogP contribution in [-0.2, 0) is 11.3 Å². The molecule has 8 nitrogen and oxygen atoms in total. The van der Waals surface area contributed by atoms with E-state index in [1.54, 1.807) is 54.7 Å². The summed E-state index contributed by atoms with van der Waals surface area (Å²) in [4.78, 5) is 33.8. The fraction of sp³-hybridized carbons (Fsp3) is 0.182. The minimum absolute atomic E-state index is 0.168. The maximum atomic E-state index is 12.1. The number of anilines is 1. The molecule has 0 spiro atoms. The number of hydrogen-bond donors (Lipinski definition) is 2. The summed E-state index contributed by atoms with van der Waals surface area (Å²) in [5.41, 5.74) is 1.67. The van der Waals surface area contributed by atoms with Crippen LogP contribution < -0.4 is 15.4 Å². The van der Waals surface area contributed by atoms with Gasteiger partial charge in [0.1, 0.15) is 5.75 Å². The summed E-state index contributed by atoms with van der Waals surface area (Å²) >= 11 is 0. The lowest BCUT2D eigenvalue weighted by Gasteiger charge is -2.18. The largest absolute Gasteiger partial charge is 0.424 e. The minimum atomic E-state index is -0.226. The van der Waals surface area contributed by atoms with Crippen molar-refractivity contribution in [1.29, 1.82) is 0 Å². The van der Waals surface area contributed by atoms with Crippen molar-refractivity contribution in [2.45, 2.75) is 13.0 Å². The molecule has 154 valence electrons. The number of nitrogens with zero attached hydrogens (tertiary/aromatic N) is 3. The van der Waals surface area contributed by atoms with Crippen LogP contribution >= 0.6 is 0 Å². The highest BCUT2D eigenvalue weighted by Crippen LogP contribution is 2.19. The number of ether oxygens (including phenoxy) is 1. The Labute approximate surface area is 174 Å². The molecule has 2 aromatic carbocycles. The maximum absolute atomic E-state index is 12.1. The lowest BCUT2D eigenvalue weighted by molar-refractivity contribution is -0.116. The fourth-order valence-corrected chi connectivity index (χ4v) is 2.62. The van der Waals surface area contributed by atoms with Crippen LogP contribution in [0.3, 0.4) is 0 Å². The zero-order valence-electron chi connectivity index (χ0n) is 16.6. The van der Waals surface area contributed by atoms with E-state index in [0.717, 1.165) is 5.56 Å². The van der Waals surface area contributed by atoms with Gasteiger partial charge >= 0.3 is 12.0 Å². The highest BCUT2D eigenvalue weighted by Gasteiger charge is 2.10. The van der Waals surface area contributed by atoms with Gasteiger partial charge in [0.05, 0.1) is 0 Å². The third-order valence-corrected chi connectivity index (χ3v) is 4.13. The van der Waals surface area contributed by atoms with Crippen LogP contribution in [-0.4, -0.2) is 40.4 Å². The van der Waals surface area contributed by atoms with E-state index in [0.29, 0.717) is 18.0 Å². The smallest absolute Gasteiger partial charge is 0.321 e. The molecular weight excluding hydrogens is 382 g/mol. The summed E-state index contributed by atoms with van der Waals surface area (Å²) in [5.74, 6) is 0.369. The summed E-state index contributed by atoms with van der Waals surface area (Å²) in [6, 6.07) is 18.3. The standard InChI is InChI=1S/C22H23N5O3/c1-27(16-17-6-3-2-4-7-17)22(29)25-15-12-20(28)26-18-8-10-19(11-9-18)30-21-23-13-5-14-24-21/h2-11,13-14H,12,15-16H2,1H3,(H,25,29)(H,26,28). The van der Waals surface area contributed by atoms with Crippen LogP contribution in [0, 0.1) is 0 Å². The van der Waals surface area contributed by atoms with Gasteiger partial charge in [-0.1, -0.05) is 30.3 Å². The van der Waals surface area contributed by atoms with Gasteiger partial charge in [-0.15, -0.1) is 0 Å². The van der Waals surface area contributed by atoms with E-state index in [1.165, 1.54) is 0 Å². The third kappa shape index (κ3) is 6.59. The molecule has 3 rings (SSSR count). The van der Waals surface area contributed by atoms with Crippen molar-refractivity contribution in [3.8, 4) is 11.8 Å². The molecule has 0 radical (unpaired) electrons. The Morgan fingerprint density at radius 1 is 0.967 bits per heavy atom. The van der Waals surface area contributed by atoms with Crippen LogP contribution in [0.25, 0.3) is 0 Å². The van der Waals surface area contributed by atoms with Gasteiger partial charge in [-0.05, 0) is 35.9 Å². The van der Waals surface area contributed by atoms with Crippen LogP contribution in [0.5, 0.6) is 11.8 Å². The lowest BCUT2D eigenvalue weighted by Crippen LogP contribution is -2.38. The molecule has 2 N–H and O–H groups in total. The van der Waals surface area contributed by atoms with E-state index < -0.39 is 0 Å². The van der Waals surface area contributed by atoms with Crippen molar-refractivity contribution in [3.05, 3.63) is 78.6 Å². The first-order valence-electron chi connectivity index (χ1n) is 9.48. The summed E-state index contributed by atoms with van der Waals surface area (Å²) < 4.78 is 5.51. The zero-order chi connectivity index (χ0) is 21.2. The number of carbonyl (C=O) groups excluding carboxylic acids is 2. The van der Waals surface area contributed by atoms with E-state index in [2.05, 4.69) is 20.6 Å². The molecule has 0 atom stereocenters. The molecule has 1 heterocycles. The van der Waals surface area contributed by atoms with Crippen molar-refractivity contribution in [2.24, 2.45) is 0 Å². The molecule has 0 fully saturated rings. The summed E-state index contributed by atoms with van der Waals surface area (Å²) in [5, 5.41) is 5.53. The van der Waals surface area contributed by atoms with Gasteiger partial charge in [-0.3, -0.25) is 4.79 Å². The topological polar surface area (TPSA) is 96.5 Å². The van der Waals surface area contributed by atoms with Crippen molar-refractivity contribution in [3.63, 3.8) is 0 Å². The quantitative estimate of drug-likeness (QED) is 0.598. The van der Waals surface area contributed by atoms with Crippen LogP contribution in [0.2, 0.25) is 0 Å². The van der Waals surface area contributed by atoms with Crippen molar-refractivity contribution in [1.82, 2.24) is 20.2 Å². The second-order valence-corrected chi connectivity index (χ2v) is 6.53. The van der Waals surface area contributed by atoms with E-state index in [4.69, 9.17) is 4.74 Å². The number of carbonyl (C=O) groups is 2. The number of benzene rings is 2. The molecule has 0 aliphatic rings. The molecule has 3 amide bonds. The Kier molecular flexibility index (Phi) is 7.32. The van der Waals surface area contributed by atoms with E-state index in [1.807, 2.05) is 30.3 Å². The molecule has 8 heteroatoms. The van der Waals surface area contributed by atoms with Gasteiger partial charge in [0.15, 0.2) is 0 Å². The third-order valence-electron chi connectivity index (χ3n) is 4.13. The van der Waals surface area contributed by atoms with Crippen molar-refractivity contribution in [2.75, 3.05) is 18.9 Å². The highest BCUT2D eigenvalue weighted by atomic mass is 16.5. The van der Waals surface area contributed by atoms with E-state index in [-0.39, 0.29) is 30.9 Å². The van der Waals surface area contributed by atoms with Gasteiger partial charge < -0.3 is 20.3 Å². The number of hydrogen-bond acceptors (Lipinski definition) is 5. The Morgan fingerprint density at radius 2 is 1.67 bits per heavy atom.